The van der Waals surface area contributed by atoms with Crippen LogP contribution in [0.1, 0.15) is 38.7 Å². The lowest BCUT2D eigenvalue weighted by atomic mass is 9.73. The predicted molar refractivity (Wildman–Crippen MR) is 73.5 cm³/mol. The highest BCUT2D eigenvalue weighted by Gasteiger charge is 2.30. The van der Waals surface area contributed by atoms with E-state index in [0.29, 0.717) is 11.7 Å². The van der Waals surface area contributed by atoms with E-state index in [-0.39, 0.29) is 5.41 Å². The molecule has 0 bridgehead atoms. The van der Waals surface area contributed by atoms with Gasteiger partial charge in [-0.2, -0.15) is 0 Å². The molecule has 1 aromatic carbocycles. The zero-order valence-corrected chi connectivity index (χ0v) is 11.7. The van der Waals surface area contributed by atoms with Gasteiger partial charge >= 0.3 is 0 Å². The first kappa shape index (κ1) is 14.0. The van der Waals surface area contributed by atoms with Gasteiger partial charge in [0.2, 0.25) is 0 Å². The summed E-state index contributed by atoms with van der Waals surface area (Å²) in [6.45, 7) is 7.85. The third-order valence-electron chi connectivity index (χ3n) is 3.35. The van der Waals surface area contributed by atoms with Crippen LogP contribution in [0, 0.1) is 5.41 Å². The fourth-order valence-corrected chi connectivity index (χ4v) is 2.91. The maximum atomic E-state index is 9.59. The average molecular weight is 235 g/mol. The number of rotatable bonds is 5. The molecule has 1 aromatic rings. The second-order valence-corrected chi connectivity index (χ2v) is 5.78. The first-order chi connectivity index (χ1) is 7.86. The second kappa shape index (κ2) is 5.54. The summed E-state index contributed by atoms with van der Waals surface area (Å²) in [4.78, 5) is 2.23. The van der Waals surface area contributed by atoms with Crippen LogP contribution in [0.15, 0.2) is 24.3 Å². The Labute approximate surface area is 105 Å². The molecule has 2 heteroatoms. The average Bonchev–Trinajstić information content (AvgIpc) is 2.15. The van der Waals surface area contributed by atoms with Crippen LogP contribution in [0.3, 0.4) is 0 Å². The lowest BCUT2D eigenvalue weighted by molar-refractivity contribution is 0.194. The zero-order chi connectivity index (χ0) is 13.1. The molecule has 0 amide bonds. The highest BCUT2D eigenvalue weighted by molar-refractivity contribution is 5.30. The molecule has 0 fully saturated rings. The number of nitrogens with zero attached hydrogens (tertiary/aromatic N) is 1. The number of phenolic OH excluding ortho intramolecular Hbond substituents is 1. The fourth-order valence-electron chi connectivity index (χ4n) is 2.91. The Balaban J connectivity index is 2.98. The van der Waals surface area contributed by atoms with Gasteiger partial charge in [-0.1, -0.05) is 32.9 Å². The van der Waals surface area contributed by atoms with Crippen molar-refractivity contribution in [3.63, 3.8) is 0 Å². The van der Waals surface area contributed by atoms with Crippen LogP contribution in [0.2, 0.25) is 0 Å². The van der Waals surface area contributed by atoms with Crippen molar-refractivity contribution >= 4 is 0 Å². The summed E-state index contributed by atoms with van der Waals surface area (Å²) < 4.78 is 0. The van der Waals surface area contributed by atoms with Gasteiger partial charge in [0.05, 0.1) is 0 Å². The van der Waals surface area contributed by atoms with Gasteiger partial charge in [-0.25, -0.2) is 0 Å². The van der Waals surface area contributed by atoms with Crippen molar-refractivity contribution in [3.8, 4) is 5.75 Å². The van der Waals surface area contributed by atoms with Gasteiger partial charge < -0.3 is 10.0 Å². The molecule has 0 heterocycles. The molecule has 1 atom stereocenters. The molecule has 0 aliphatic carbocycles. The summed E-state index contributed by atoms with van der Waals surface area (Å²) in [6, 6.07) is 7.67. The summed E-state index contributed by atoms with van der Waals surface area (Å²) in [7, 11) is 4.22. The van der Waals surface area contributed by atoms with E-state index < -0.39 is 0 Å². The van der Waals surface area contributed by atoms with E-state index in [9.17, 15) is 5.11 Å². The topological polar surface area (TPSA) is 23.5 Å². The highest BCUT2D eigenvalue weighted by Crippen LogP contribution is 2.39. The van der Waals surface area contributed by atoms with Crippen LogP contribution in [-0.4, -0.2) is 30.6 Å². The van der Waals surface area contributed by atoms with Crippen molar-refractivity contribution in [2.75, 3.05) is 20.6 Å². The Morgan fingerprint density at radius 3 is 2.41 bits per heavy atom. The Morgan fingerprint density at radius 2 is 1.94 bits per heavy atom. The predicted octanol–water partition coefficient (Wildman–Crippen LogP) is 3.47. The van der Waals surface area contributed by atoms with Gasteiger partial charge in [0.25, 0.3) is 0 Å². The molecule has 0 radical (unpaired) electrons. The smallest absolute Gasteiger partial charge is 0.115 e. The van der Waals surface area contributed by atoms with Crippen LogP contribution in [-0.2, 0) is 0 Å². The minimum absolute atomic E-state index is 0.200. The molecule has 1 N–H and O–H groups in total. The van der Waals surface area contributed by atoms with Crippen LogP contribution in [0.5, 0.6) is 5.75 Å². The largest absolute Gasteiger partial charge is 0.508 e. The Bertz CT molecular complexity index is 358. The number of aromatic hydroxyl groups is 1. The van der Waals surface area contributed by atoms with Gasteiger partial charge in [0.15, 0.2) is 0 Å². The highest BCUT2D eigenvalue weighted by atomic mass is 16.3. The SMILES string of the molecule is CC[C@H](c1cccc(O)c1)C(C)(C)CN(C)C. The fraction of sp³-hybridized carbons (Fsp3) is 0.600. The maximum Gasteiger partial charge on any atom is 0.115 e. The van der Waals surface area contributed by atoms with E-state index in [1.807, 2.05) is 12.1 Å². The molecule has 0 aliphatic heterocycles. The molecular formula is C15H25NO. The Morgan fingerprint density at radius 1 is 1.29 bits per heavy atom. The molecule has 96 valence electrons. The standard InChI is InChI=1S/C15H25NO/c1-6-14(15(2,3)11-16(4)5)12-8-7-9-13(17)10-12/h7-10,14,17H,6,11H2,1-5H3/t14-/m1/s1. The molecule has 0 saturated heterocycles. The third-order valence-corrected chi connectivity index (χ3v) is 3.35. The van der Waals surface area contributed by atoms with Crippen LogP contribution >= 0.6 is 0 Å². The number of hydrogen-bond donors (Lipinski definition) is 1. The lowest BCUT2D eigenvalue weighted by Crippen LogP contribution is -2.33. The third kappa shape index (κ3) is 3.74. The van der Waals surface area contributed by atoms with Crippen molar-refractivity contribution in [1.82, 2.24) is 4.90 Å². The summed E-state index contributed by atoms with van der Waals surface area (Å²) in [6.07, 6.45) is 1.09. The van der Waals surface area contributed by atoms with Crippen LogP contribution in [0.25, 0.3) is 0 Å². The van der Waals surface area contributed by atoms with Crippen molar-refractivity contribution in [3.05, 3.63) is 29.8 Å². The quantitative estimate of drug-likeness (QED) is 0.844. The molecule has 0 aromatic heterocycles. The summed E-state index contributed by atoms with van der Waals surface area (Å²) in [5, 5.41) is 9.59. The molecule has 0 unspecified atom stereocenters. The molecular weight excluding hydrogens is 210 g/mol. The monoisotopic (exact) mass is 235 g/mol. The van der Waals surface area contributed by atoms with Gasteiger partial charge in [0.1, 0.15) is 5.75 Å². The van der Waals surface area contributed by atoms with Gasteiger partial charge in [-0.15, -0.1) is 0 Å². The first-order valence-corrected chi connectivity index (χ1v) is 6.30. The Hall–Kier alpha value is -1.02. The first-order valence-electron chi connectivity index (χ1n) is 6.30. The molecule has 1 rings (SSSR count). The number of benzene rings is 1. The van der Waals surface area contributed by atoms with Crippen molar-refractivity contribution in [1.29, 1.82) is 0 Å². The van der Waals surface area contributed by atoms with Crippen LogP contribution in [0.4, 0.5) is 0 Å². The van der Waals surface area contributed by atoms with Crippen molar-refractivity contribution in [2.45, 2.75) is 33.1 Å². The van der Waals surface area contributed by atoms with Crippen molar-refractivity contribution < 1.29 is 5.11 Å². The molecule has 0 saturated carbocycles. The number of hydrogen-bond acceptors (Lipinski definition) is 2. The summed E-state index contributed by atoms with van der Waals surface area (Å²) >= 11 is 0. The molecule has 17 heavy (non-hydrogen) atoms. The minimum Gasteiger partial charge on any atom is -0.508 e. The van der Waals surface area contributed by atoms with Gasteiger partial charge in [0, 0.05) is 6.54 Å². The summed E-state index contributed by atoms with van der Waals surface area (Å²) in [5.74, 6) is 0.832. The van der Waals surface area contributed by atoms with E-state index in [0.717, 1.165) is 13.0 Å². The van der Waals surface area contributed by atoms with E-state index >= 15 is 0 Å². The zero-order valence-electron chi connectivity index (χ0n) is 11.7. The maximum absolute atomic E-state index is 9.59. The van der Waals surface area contributed by atoms with E-state index in [1.54, 1.807) is 6.07 Å². The second-order valence-electron chi connectivity index (χ2n) is 5.78. The number of phenols is 1. The van der Waals surface area contributed by atoms with E-state index in [2.05, 4.69) is 45.8 Å². The van der Waals surface area contributed by atoms with Crippen LogP contribution < -0.4 is 0 Å². The molecule has 2 nitrogen and oxygen atoms in total. The van der Waals surface area contributed by atoms with E-state index in [4.69, 9.17) is 0 Å². The Kier molecular flexibility index (Phi) is 4.58. The van der Waals surface area contributed by atoms with Gasteiger partial charge in [-0.05, 0) is 49.5 Å². The summed E-state index contributed by atoms with van der Waals surface area (Å²) in [5.41, 5.74) is 1.44. The lowest BCUT2D eigenvalue weighted by Gasteiger charge is -2.36. The molecule has 0 spiro atoms. The normalized spacial score (nSPS) is 14.0. The van der Waals surface area contributed by atoms with Crippen molar-refractivity contribution in [2.24, 2.45) is 5.41 Å². The minimum atomic E-state index is 0.200. The van der Waals surface area contributed by atoms with E-state index in [1.165, 1.54) is 5.56 Å². The van der Waals surface area contributed by atoms with Gasteiger partial charge in [-0.3, -0.25) is 0 Å². The molecule has 0 aliphatic rings.